The standard InChI is InChI=1S/C26H30N6O/c27-18-11-13-32(15-18)24-19-4-2-1-3-5-22(19)29-23-9-8-17(14-20(23)24)21-10-12-28-26(30-21)31-25(33)16-6-7-16/h8-10,12,14,16,18H,1-7,11,13,15,27H2,(H,28,30,31,33). The first kappa shape index (κ1) is 20.5. The molecule has 1 saturated carbocycles. The highest BCUT2D eigenvalue weighted by atomic mass is 16.2. The maximum atomic E-state index is 12.2. The molecule has 3 aliphatic rings. The van der Waals surface area contributed by atoms with Crippen LogP contribution >= 0.6 is 0 Å². The van der Waals surface area contributed by atoms with E-state index in [1.54, 1.807) is 6.20 Å². The second-order valence-corrected chi connectivity index (χ2v) is 9.70. The first-order valence-electron chi connectivity index (χ1n) is 12.3. The van der Waals surface area contributed by atoms with Gasteiger partial charge in [-0.2, -0.15) is 0 Å². The van der Waals surface area contributed by atoms with Gasteiger partial charge in [-0.1, -0.05) is 12.5 Å². The molecule has 1 atom stereocenters. The van der Waals surface area contributed by atoms with E-state index in [4.69, 9.17) is 10.7 Å². The summed E-state index contributed by atoms with van der Waals surface area (Å²) in [6.45, 7) is 1.88. The molecule has 33 heavy (non-hydrogen) atoms. The molecule has 1 aliphatic heterocycles. The van der Waals surface area contributed by atoms with Crippen molar-refractivity contribution in [2.75, 3.05) is 23.3 Å². The molecule has 3 N–H and O–H groups in total. The zero-order valence-corrected chi connectivity index (χ0v) is 18.9. The van der Waals surface area contributed by atoms with E-state index in [0.717, 1.165) is 62.0 Å². The fourth-order valence-corrected chi connectivity index (χ4v) is 5.22. The van der Waals surface area contributed by atoms with Gasteiger partial charge in [0.1, 0.15) is 0 Å². The molecular formula is C26H30N6O. The van der Waals surface area contributed by atoms with Gasteiger partial charge < -0.3 is 10.6 Å². The highest BCUT2D eigenvalue weighted by Gasteiger charge is 2.30. The van der Waals surface area contributed by atoms with Gasteiger partial charge in [0.05, 0.1) is 16.9 Å². The quantitative estimate of drug-likeness (QED) is 0.596. The number of aromatic nitrogens is 3. The summed E-state index contributed by atoms with van der Waals surface area (Å²) < 4.78 is 0. The number of fused-ring (bicyclic) bond motifs is 2. The third kappa shape index (κ3) is 4.06. The maximum Gasteiger partial charge on any atom is 0.229 e. The first-order valence-corrected chi connectivity index (χ1v) is 12.3. The number of hydrogen-bond donors (Lipinski definition) is 2. The lowest BCUT2D eigenvalue weighted by molar-refractivity contribution is -0.117. The average Bonchev–Trinajstić information content (AvgIpc) is 3.62. The lowest BCUT2D eigenvalue weighted by atomic mass is 9.99. The molecule has 1 saturated heterocycles. The normalized spacial score (nSPS) is 20.5. The molecule has 0 radical (unpaired) electrons. The van der Waals surface area contributed by atoms with Crippen molar-refractivity contribution in [1.29, 1.82) is 0 Å². The first-order chi connectivity index (χ1) is 16.2. The van der Waals surface area contributed by atoms with E-state index in [-0.39, 0.29) is 17.9 Å². The van der Waals surface area contributed by atoms with Gasteiger partial charge in [-0.15, -0.1) is 0 Å². The number of nitrogens with one attached hydrogen (secondary N) is 1. The van der Waals surface area contributed by atoms with Gasteiger partial charge in [-0.25, -0.2) is 9.97 Å². The van der Waals surface area contributed by atoms with Gasteiger partial charge in [0.2, 0.25) is 11.9 Å². The minimum absolute atomic E-state index is 0.0187. The number of amides is 1. The fourth-order valence-electron chi connectivity index (χ4n) is 5.22. The molecular weight excluding hydrogens is 412 g/mol. The van der Waals surface area contributed by atoms with Crippen LogP contribution in [0, 0.1) is 5.92 Å². The summed E-state index contributed by atoms with van der Waals surface area (Å²) in [5.41, 5.74) is 13.1. The molecule has 6 rings (SSSR count). The van der Waals surface area contributed by atoms with Crippen LogP contribution in [0.1, 0.15) is 49.8 Å². The van der Waals surface area contributed by atoms with Crippen molar-refractivity contribution >= 4 is 28.4 Å². The Labute approximate surface area is 193 Å². The summed E-state index contributed by atoms with van der Waals surface area (Å²) in [6.07, 6.45) is 10.4. The number of carbonyl (C=O) groups is 1. The average molecular weight is 443 g/mol. The maximum absolute atomic E-state index is 12.2. The van der Waals surface area contributed by atoms with Crippen molar-refractivity contribution in [3.05, 3.63) is 41.7 Å². The van der Waals surface area contributed by atoms with E-state index in [2.05, 4.69) is 38.4 Å². The third-order valence-corrected chi connectivity index (χ3v) is 7.16. The molecule has 170 valence electrons. The molecule has 2 fully saturated rings. The van der Waals surface area contributed by atoms with Crippen LogP contribution in [0.15, 0.2) is 30.5 Å². The number of nitrogens with two attached hydrogens (primary N) is 1. The van der Waals surface area contributed by atoms with Crippen LogP contribution in [-0.2, 0) is 17.6 Å². The van der Waals surface area contributed by atoms with E-state index in [9.17, 15) is 4.79 Å². The number of rotatable bonds is 4. The van der Waals surface area contributed by atoms with E-state index in [1.807, 2.05) is 6.07 Å². The van der Waals surface area contributed by atoms with Crippen molar-refractivity contribution < 1.29 is 4.79 Å². The van der Waals surface area contributed by atoms with Gasteiger partial charge in [0, 0.05) is 47.9 Å². The number of nitrogens with zero attached hydrogens (tertiary/aromatic N) is 4. The van der Waals surface area contributed by atoms with Gasteiger partial charge in [-0.05, 0) is 68.7 Å². The van der Waals surface area contributed by atoms with Crippen LogP contribution in [0.4, 0.5) is 11.6 Å². The van der Waals surface area contributed by atoms with E-state index in [0.29, 0.717) is 5.95 Å². The Morgan fingerprint density at radius 2 is 1.94 bits per heavy atom. The van der Waals surface area contributed by atoms with Gasteiger partial charge in [0.15, 0.2) is 0 Å². The second-order valence-electron chi connectivity index (χ2n) is 9.70. The highest BCUT2D eigenvalue weighted by molar-refractivity contribution is 5.97. The lowest BCUT2D eigenvalue weighted by Crippen LogP contribution is -2.27. The molecule has 0 spiro atoms. The number of hydrogen-bond acceptors (Lipinski definition) is 6. The van der Waals surface area contributed by atoms with E-state index < -0.39 is 0 Å². The van der Waals surface area contributed by atoms with Crippen molar-refractivity contribution in [2.24, 2.45) is 11.7 Å². The Bertz CT molecular complexity index is 1220. The fraction of sp³-hybridized carbons (Fsp3) is 0.462. The molecule has 1 unspecified atom stereocenters. The minimum atomic E-state index is 0.0187. The number of pyridine rings is 1. The summed E-state index contributed by atoms with van der Waals surface area (Å²) in [6, 6.07) is 8.52. The lowest BCUT2D eigenvalue weighted by Gasteiger charge is -2.25. The predicted molar refractivity (Wildman–Crippen MR) is 130 cm³/mol. The van der Waals surface area contributed by atoms with Crippen molar-refractivity contribution in [3.8, 4) is 11.3 Å². The van der Waals surface area contributed by atoms with Crippen LogP contribution in [0.2, 0.25) is 0 Å². The van der Waals surface area contributed by atoms with E-state index >= 15 is 0 Å². The second kappa shape index (κ2) is 8.37. The number of aryl methyl sites for hydroxylation is 1. The van der Waals surface area contributed by atoms with Gasteiger partial charge in [-0.3, -0.25) is 15.1 Å². The molecule has 1 aromatic carbocycles. The van der Waals surface area contributed by atoms with Crippen LogP contribution in [0.25, 0.3) is 22.2 Å². The molecule has 7 nitrogen and oxygen atoms in total. The molecule has 2 aromatic heterocycles. The van der Waals surface area contributed by atoms with E-state index in [1.165, 1.54) is 41.6 Å². The summed E-state index contributed by atoms with van der Waals surface area (Å²) in [5.74, 6) is 0.508. The molecule has 7 heteroatoms. The SMILES string of the molecule is NC1CCN(c2c3c(nc4ccc(-c5ccnc(NC(=O)C6CC6)n5)cc24)CCCCC3)C1. The van der Waals surface area contributed by atoms with Crippen LogP contribution in [0.3, 0.4) is 0 Å². The summed E-state index contributed by atoms with van der Waals surface area (Å²) in [5, 5.41) is 4.04. The van der Waals surface area contributed by atoms with Crippen LogP contribution in [-0.4, -0.2) is 40.0 Å². The Hall–Kier alpha value is -3.06. The van der Waals surface area contributed by atoms with Crippen molar-refractivity contribution in [1.82, 2.24) is 15.0 Å². The predicted octanol–water partition coefficient (Wildman–Crippen LogP) is 3.85. The Kier molecular flexibility index (Phi) is 5.21. The smallest absolute Gasteiger partial charge is 0.229 e. The molecule has 3 aromatic rings. The molecule has 2 aliphatic carbocycles. The number of carbonyl (C=O) groups excluding carboxylic acids is 1. The third-order valence-electron chi connectivity index (χ3n) is 7.16. The largest absolute Gasteiger partial charge is 0.369 e. The van der Waals surface area contributed by atoms with Gasteiger partial charge >= 0.3 is 0 Å². The van der Waals surface area contributed by atoms with Crippen LogP contribution < -0.4 is 16.0 Å². The van der Waals surface area contributed by atoms with Crippen LogP contribution in [0.5, 0.6) is 0 Å². The van der Waals surface area contributed by atoms with Gasteiger partial charge in [0.25, 0.3) is 0 Å². The number of anilines is 2. The zero-order valence-electron chi connectivity index (χ0n) is 18.9. The summed E-state index contributed by atoms with van der Waals surface area (Å²) in [7, 11) is 0. The Morgan fingerprint density at radius 3 is 2.76 bits per heavy atom. The molecule has 0 bridgehead atoms. The number of benzene rings is 1. The Balaban J connectivity index is 1.44. The monoisotopic (exact) mass is 442 g/mol. The minimum Gasteiger partial charge on any atom is -0.369 e. The molecule has 3 heterocycles. The van der Waals surface area contributed by atoms with Crippen molar-refractivity contribution in [2.45, 2.75) is 57.4 Å². The highest BCUT2D eigenvalue weighted by Crippen LogP contribution is 2.38. The topological polar surface area (TPSA) is 97.0 Å². The summed E-state index contributed by atoms with van der Waals surface area (Å²) >= 11 is 0. The molecule has 1 amide bonds. The van der Waals surface area contributed by atoms with Crippen molar-refractivity contribution in [3.63, 3.8) is 0 Å². The summed E-state index contributed by atoms with van der Waals surface area (Å²) in [4.78, 5) is 28.6. The zero-order chi connectivity index (χ0) is 22.4. The Morgan fingerprint density at radius 1 is 1.06 bits per heavy atom.